The molecule has 2 heterocycles. The number of hydrogen-bond donors (Lipinski definition) is 1. The molecule has 0 bridgehead atoms. The normalized spacial score (nSPS) is 15.8. The number of aryl methyl sites for hydroxylation is 1. The molecule has 124 valence electrons. The molecule has 0 aliphatic carbocycles. The van der Waals surface area contributed by atoms with E-state index in [1.54, 1.807) is 0 Å². The Bertz CT molecular complexity index is 854. The standard InChI is InChI=1S/C18H17NO5/c1-11(20)14-8-7-13-9-15(21)17(16(18(22)23)19(13)14)24-10-12-5-3-2-4-6-12/h2-6,9,14H,7-8,10H2,1H3,(H,22,23). The van der Waals surface area contributed by atoms with Gasteiger partial charge in [0.15, 0.2) is 17.2 Å². The number of fused-ring (bicyclic) bond motifs is 1. The molecule has 0 fully saturated rings. The molecule has 0 radical (unpaired) electrons. The topological polar surface area (TPSA) is 85.6 Å². The van der Waals surface area contributed by atoms with Gasteiger partial charge in [-0.2, -0.15) is 0 Å². The van der Waals surface area contributed by atoms with Gasteiger partial charge < -0.3 is 14.4 Å². The minimum absolute atomic E-state index is 0.0838. The van der Waals surface area contributed by atoms with Crippen molar-refractivity contribution in [2.24, 2.45) is 0 Å². The number of rotatable bonds is 5. The highest BCUT2D eigenvalue weighted by molar-refractivity contribution is 5.91. The van der Waals surface area contributed by atoms with Crippen molar-refractivity contribution >= 4 is 11.8 Å². The van der Waals surface area contributed by atoms with Crippen LogP contribution >= 0.6 is 0 Å². The van der Waals surface area contributed by atoms with Gasteiger partial charge in [-0.05, 0) is 25.3 Å². The molecular formula is C18H17NO5. The summed E-state index contributed by atoms with van der Waals surface area (Å²) in [6, 6.07) is 9.97. The summed E-state index contributed by atoms with van der Waals surface area (Å²) >= 11 is 0. The quantitative estimate of drug-likeness (QED) is 0.910. The van der Waals surface area contributed by atoms with Gasteiger partial charge in [-0.3, -0.25) is 9.59 Å². The van der Waals surface area contributed by atoms with E-state index >= 15 is 0 Å². The zero-order valence-electron chi connectivity index (χ0n) is 13.2. The van der Waals surface area contributed by atoms with Gasteiger partial charge >= 0.3 is 5.97 Å². The summed E-state index contributed by atoms with van der Waals surface area (Å²) in [5.41, 5.74) is 0.663. The number of carbonyl (C=O) groups excluding carboxylic acids is 1. The van der Waals surface area contributed by atoms with Crippen molar-refractivity contribution in [1.82, 2.24) is 4.57 Å². The van der Waals surface area contributed by atoms with Gasteiger partial charge in [0.1, 0.15) is 6.61 Å². The summed E-state index contributed by atoms with van der Waals surface area (Å²) in [4.78, 5) is 35.9. The second kappa shape index (κ2) is 6.31. The Labute approximate surface area is 138 Å². The third-order valence-corrected chi connectivity index (χ3v) is 4.17. The second-order valence-corrected chi connectivity index (χ2v) is 5.79. The van der Waals surface area contributed by atoms with Crippen molar-refractivity contribution < 1.29 is 19.4 Å². The average Bonchev–Trinajstić information content (AvgIpc) is 2.96. The fourth-order valence-corrected chi connectivity index (χ4v) is 3.07. The number of carbonyl (C=O) groups is 2. The zero-order valence-corrected chi connectivity index (χ0v) is 13.2. The van der Waals surface area contributed by atoms with Crippen LogP contribution in [0.4, 0.5) is 0 Å². The molecule has 6 nitrogen and oxygen atoms in total. The van der Waals surface area contributed by atoms with Crippen LogP contribution in [0.2, 0.25) is 0 Å². The highest BCUT2D eigenvalue weighted by Crippen LogP contribution is 2.31. The van der Waals surface area contributed by atoms with E-state index in [0.717, 1.165) is 5.56 Å². The molecule has 1 aromatic carbocycles. The fourth-order valence-electron chi connectivity index (χ4n) is 3.07. The van der Waals surface area contributed by atoms with Crippen LogP contribution < -0.4 is 10.2 Å². The van der Waals surface area contributed by atoms with Crippen LogP contribution in [-0.4, -0.2) is 21.4 Å². The first-order chi connectivity index (χ1) is 11.5. The Morgan fingerprint density at radius 1 is 1.29 bits per heavy atom. The van der Waals surface area contributed by atoms with E-state index in [2.05, 4.69) is 0 Å². The van der Waals surface area contributed by atoms with Crippen molar-refractivity contribution in [3.8, 4) is 5.75 Å². The lowest BCUT2D eigenvalue weighted by molar-refractivity contribution is -0.119. The maximum atomic E-state index is 12.3. The van der Waals surface area contributed by atoms with Gasteiger partial charge in [-0.1, -0.05) is 30.3 Å². The lowest BCUT2D eigenvalue weighted by atomic mass is 10.1. The van der Waals surface area contributed by atoms with E-state index in [9.17, 15) is 19.5 Å². The van der Waals surface area contributed by atoms with Gasteiger partial charge in [0.2, 0.25) is 5.43 Å². The van der Waals surface area contributed by atoms with E-state index in [4.69, 9.17) is 4.74 Å². The second-order valence-electron chi connectivity index (χ2n) is 5.79. The highest BCUT2D eigenvalue weighted by atomic mass is 16.5. The number of aromatic carboxylic acids is 1. The molecule has 24 heavy (non-hydrogen) atoms. The van der Waals surface area contributed by atoms with E-state index in [1.165, 1.54) is 17.6 Å². The smallest absolute Gasteiger partial charge is 0.356 e. The largest absolute Gasteiger partial charge is 0.482 e. The van der Waals surface area contributed by atoms with Crippen molar-refractivity contribution in [1.29, 1.82) is 0 Å². The zero-order chi connectivity index (χ0) is 17.3. The predicted molar refractivity (Wildman–Crippen MR) is 86.5 cm³/mol. The van der Waals surface area contributed by atoms with Gasteiger partial charge in [-0.25, -0.2) is 4.79 Å². The lowest BCUT2D eigenvalue weighted by Gasteiger charge is -2.18. The van der Waals surface area contributed by atoms with Gasteiger partial charge in [0.25, 0.3) is 0 Å². The third-order valence-electron chi connectivity index (χ3n) is 4.17. The lowest BCUT2D eigenvalue weighted by Crippen LogP contribution is -2.25. The molecule has 1 aromatic heterocycles. The number of aromatic nitrogens is 1. The van der Waals surface area contributed by atoms with Gasteiger partial charge in [0, 0.05) is 11.8 Å². The fraction of sp³-hybridized carbons (Fsp3) is 0.278. The predicted octanol–water partition coefficient (Wildman–Crippen LogP) is 2.20. The maximum absolute atomic E-state index is 12.3. The molecule has 1 aliphatic heterocycles. The molecular weight excluding hydrogens is 310 g/mol. The van der Waals surface area contributed by atoms with Crippen molar-refractivity contribution in [2.75, 3.05) is 0 Å². The van der Waals surface area contributed by atoms with Crippen LogP contribution in [0.3, 0.4) is 0 Å². The van der Waals surface area contributed by atoms with E-state index < -0.39 is 17.4 Å². The first kappa shape index (κ1) is 16.0. The molecule has 0 saturated heterocycles. The van der Waals surface area contributed by atoms with Crippen LogP contribution in [0, 0.1) is 0 Å². The summed E-state index contributed by atoms with van der Waals surface area (Å²) in [5, 5.41) is 9.60. The minimum atomic E-state index is -1.27. The number of ketones is 1. The number of hydrogen-bond acceptors (Lipinski definition) is 4. The number of ether oxygens (including phenoxy) is 1. The molecule has 1 N–H and O–H groups in total. The first-order valence-corrected chi connectivity index (χ1v) is 7.68. The molecule has 6 heteroatoms. The van der Waals surface area contributed by atoms with Crippen LogP contribution in [0.25, 0.3) is 0 Å². The average molecular weight is 327 g/mol. The molecule has 0 spiro atoms. The van der Waals surface area contributed by atoms with Gasteiger partial charge in [0.05, 0.1) is 6.04 Å². The van der Waals surface area contributed by atoms with E-state index in [-0.39, 0.29) is 23.8 Å². The van der Waals surface area contributed by atoms with Crippen molar-refractivity contribution in [3.05, 3.63) is 63.6 Å². The number of carboxylic acids is 1. The number of nitrogens with zero attached hydrogens (tertiary/aromatic N) is 1. The van der Waals surface area contributed by atoms with E-state index in [1.807, 2.05) is 30.3 Å². The summed E-state index contributed by atoms with van der Waals surface area (Å²) in [5.74, 6) is -1.62. The molecule has 1 aliphatic rings. The van der Waals surface area contributed by atoms with Crippen LogP contribution in [0.1, 0.15) is 41.1 Å². The minimum Gasteiger partial charge on any atom is -0.482 e. The SMILES string of the molecule is CC(=O)C1CCc2cc(=O)c(OCc3ccccc3)c(C(=O)O)n21. The van der Waals surface area contributed by atoms with Crippen LogP contribution in [-0.2, 0) is 17.8 Å². The monoisotopic (exact) mass is 327 g/mol. The number of Topliss-reactive ketones (excluding diaryl/α,β-unsaturated/α-hetero) is 1. The molecule has 0 saturated carbocycles. The van der Waals surface area contributed by atoms with Crippen molar-refractivity contribution in [2.45, 2.75) is 32.4 Å². The molecule has 1 atom stereocenters. The highest BCUT2D eigenvalue weighted by Gasteiger charge is 2.33. The van der Waals surface area contributed by atoms with Crippen LogP contribution in [0.5, 0.6) is 5.75 Å². The Hall–Kier alpha value is -2.89. The summed E-state index contributed by atoms with van der Waals surface area (Å²) in [6.07, 6.45) is 0.996. The van der Waals surface area contributed by atoms with Crippen LogP contribution in [0.15, 0.2) is 41.2 Å². The Morgan fingerprint density at radius 3 is 2.62 bits per heavy atom. The molecule has 2 aromatic rings. The number of benzene rings is 1. The number of carboxylic acid groups (broad SMARTS) is 1. The Morgan fingerprint density at radius 2 is 2.00 bits per heavy atom. The third kappa shape index (κ3) is 2.82. The Kier molecular flexibility index (Phi) is 4.20. The first-order valence-electron chi connectivity index (χ1n) is 7.68. The van der Waals surface area contributed by atoms with E-state index in [0.29, 0.717) is 18.5 Å². The number of pyridine rings is 1. The molecule has 3 rings (SSSR count). The van der Waals surface area contributed by atoms with Gasteiger partial charge in [-0.15, -0.1) is 0 Å². The summed E-state index contributed by atoms with van der Waals surface area (Å²) in [7, 11) is 0. The summed E-state index contributed by atoms with van der Waals surface area (Å²) < 4.78 is 6.98. The maximum Gasteiger partial charge on any atom is 0.356 e. The molecule has 0 amide bonds. The van der Waals surface area contributed by atoms with Crippen molar-refractivity contribution in [3.63, 3.8) is 0 Å². The molecule has 1 unspecified atom stereocenters. The summed E-state index contributed by atoms with van der Waals surface area (Å²) in [6.45, 7) is 1.51. The Balaban J connectivity index is 2.06.